The van der Waals surface area contributed by atoms with E-state index in [1.807, 2.05) is 18.2 Å². The molecule has 1 aromatic carbocycles. The van der Waals surface area contributed by atoms with Crippen molar-refractivity contribution in [3.8, 4) is 5.75 Å². The number of methoxy groups -OCH3 is 1. The van der Waals surface area contributed by atoms with Crippen LogP contribution in [0.5, 0.6) is 5.75 Å². The Hall–Kier alpha value is -1.22. The highest BCUT2D eigenvalue weighted by atomic mass is 16.5. The second-order valence-corrected chi connectivity index (χ2v) is 6.08. The molecule has 1 aliphatic carbocycles. The van der Waals surface area contributed by atoms with Crippen molar-refractivity contribution in [1.29, 1.82) is 0 Å². The van der Waals surface area contributed by atoms with Gasteiger partial charge in [0.1, 0.15) is 5.75 Å². The molecule has 0 heterocycles. The predicted molar refractivity (Wildman–Crippen MR) is 76.0 cm³/mol. The van der Waals surface area contributed by atoms with Gasteiger partial charge in [0.15, 0.2) is 0 Å². The van der Waals surface area contributed by atoms with Gasteiger partial charge in [-0.05, 0) is 31.9 Å². The molecule has 1 fully saturated rings. The minimum Gasteiger partial charge on any atom is -0.495 e. The van der Waals surface area contributed by atoms with Crippen molar-refractivity contribution in [3.05, 3.63) is 24.3 Å². The SMILES string of the molecule is COc1ccccc1N[C@H]1CC[C@@](C)(N)C1(C)C. The summed E-state index contributed by atoms with van der Waals surface area (Å²) in [7, 11) is 1.70. The third-order valence-corrected chi connectivity index (χ3v) is 4.73. The Balaban J connectivity index is 2.20. The number of ether oxygens (including phenoxy) is 1. The van der Waals surface area contributed by atoms with Gasteiger partial charge in [-0.15, -0.1) is 0 Å². The van der Waals surface area contributed by atoms with E-state index in [0.29, 0.717) is 6.04 Å². The molecule has 3 N–H and O–H groups in total. The number of nitrogens with one attached hydrogen (secondary N) is 1. The highest BCUT2D eigenvalue weighted by molar-refractivity contribution is 5.57. The largest absolute Gasteiger partial charge is 0.495 e. The molecule has 0 saturated heterocycles. The number of hydrogen-bond acceptors (Lipinski definition) is 3. The van der Waals surface area contributed by atoms with Gasteiger partial charge in [-0.25, -0.2) is 0 Å². The molecule has 1 saturated carbocycles. The molecule has 0 radical (unpaired) electrons. The van der Waals surface area contributed by atoms with E-state index >= 15 is 0 Å². The van der Waals surface area contributed by atoms with Gasteiger partial charge in [0.25, 0.3) is 0 Å². The predicted octanol–water partition coefficient (Wildman–Crippen LogP) is 3.01. The minimum absolute atomic E-state index is 0.0633. The Labute approximate surface area is 110 Å². The van der Waals surface area contributed by atoms with Gasteiger partial charge in [0.05, 0.1) is 12.8 Å². The van der Waals surface area contributed by atoms with E-state index in [1.165, 1.54) is 0 Å². The summed E-state index contributed by atoms with van der Waals surface area (Å²) in [6.45, 7) is 6.64. The number of nitrogens with two attached hydrogens (primary N) is 1. The Kier molecular flexibility index (Phi) is 3.28. The highest BCUT2D eigenvalue weighted by Crippen LogP contribution is 2.46. The molecule has 0 unspecified atom stereocenters. The molecule has 2 rings (SSSR count). The molecular formula is C15H24N2O. The standard InChI is InChI=1S/C15H24N2O/c1-14(2)13(9-10-15(14,3)16)17-11-7-5-6-8-12(11)18-4/h5-8,13,17H,9-10,16H2,1-4H3/t13-,15+/m0/s1. The van der Waals surface area contributed by atoms with Crippen molar-refractivity contribution in [2.45, 2.75) is 45.2 Å². The van der Waals surface area contributed by atoms with Gasteiger partial charge in [-0.1, -0.05) is 26.0 Å². The number of hydrogen-bond donors (Lipinski definition) is 2. The second kappa shape index (κ2) is 4.47. The molecule has 0 spiro atoms. The summed E-state index contributed by atoms with van der Waals surface area (Å²) in [5, 5.41) is 3.60. The molecule has 1 aliphatic rings. The Morgan fingerprint density at radius 3 is 2.50 bits per heavy atom. The maximum absolute atomic E-state index is 6.40. The summed E-state index contributed by atoms with van der Waals surface area (Å²) in [4.78, 5) is 0. The first-order valence-electron chi connectivity index (χ1n) is 6.57. The van der Waals surface area contributed by atoms with Crippen LogP contribution in [0.3, 0.4) is 0 Å². The Morgan fingerprint density at radius 2 is 1.94 bits per heavy atom. The molecule has 2 atom stereocenters. The van der Waals surface area contributed by atoms with E-state index in [9.17, 15) is 0 Å². The Bertz CT molecular complexity index is 426. The average Bonchev–Trinajstić information content (AvgIpc) is 2.52. The average molecular weight is 248 g/mol. The van der Waals surface area contributed by atoms with Crippen molar-refractivity contribution >= 4 is 5.69 Å². The lowest BCUT2D eigenvalue weighted by molar-refractivity contribution is 0.215. The fraction of sp³-hybridized carbons (Fsp3) is 0.600. The molecule has 0 aromatic heterocycles. The smallest absolute Gasteiger partial charge is 0.141 e. The zero-order chi connectivity index (χ0) is 13.4. The van der Waals surface area contributed by atoms with Gasteiger partial charge >= 0.3 is 0 Å². The summed E-state index contributed by atoms with van der Waals surface area (Å²) in [6, 6.07) is 8.42. The zero-order valence-corrected chi connectivity index (χ0v) is 11.8. The molecule has 0 aliphatic heterocycles. The molecule has 3 heteroatoms. The summed E-state index contributed by atoms with van der Waals surface area (Å²) in [5.74, 6) is 0.888. The first-order chi connectivity index (χ1) is 8.38. The van der Waals surface area contributed by atoms with Crippen LogP contribution in [0.1, 0.15) is 33.6 Å². The van der Waals surface area contributed by atoms with E-state index in [-0.39, 0.29) is 11.0 Å². The molecule has 1 aromatic rings. The Morgan fingerprint density at radius 1 is 1.28 bits per heavy atom. The molecule has 0 bridgehead atoms. The first kappa shape index (κ1) is 13.2. The van der Waals surface area contributed by atoms with E-state index < -0.39 is 0 Å². The maximum atomic E-state index is 6.40. The summed E-state index contributed by atoms with van der Waals surface area (Å²) in [6.07, 6.45) is 2.14. The molecule has 100 valence electrons. The van der Waals surface area contributed by atoms with E-state index in [0.717, 1.165) is 24.3 Å². The zero-order valence-electron chi connectivity index (χ0n) is 11.8. The third kappa shape index (κ3) is 2.07. The van der Waals surface area contributed by atoms with Gasteiger partial charge in [0.2, 0.25) is 0 Å². The van der Waals surface area contributed by atoms with E-state index in [1.54, 1.807) is 7.11 Å². The monoisotopic (exact) mass is 248 g/mol. The lowest BCUT2D eigenvalue weighted by atomic mass is 9.75. The van der Waals surface area contributed by atoms with Crippen molar-refractivity contribution in [2.75, 3.05) is 12.4 Å². The fourth-order valence-electron chi connectivity index (χ4n) is 2.73. The summed E-state index contributed by atoms with van der Waals surface area (Å²) < 4.78 is 5.38. The number of rotatable bonds is 3. The number of para-hydroxylation sites is 2. The minimum atomic E-state index is -0.118. The third-order valence-electron chi connectivity index (χ3n) is 4.73. The van der Waals surface area contributed by atoms with Crippen LogP contribution in [-0.2, 0) is 0 Å². The second-order valence-electron chi connectivity index (χ2n) is 6.08. The van der Waals surface area contributed by atoms with Crippen LogP contribution in [0.2, 0.25) is 0 Å². The maximum Gasteiger partial charge on any atom is 0.141 e. The molecule has 18 heavy (non-hydrogen) atoms. The van der Waals surface area contributed by atoms with Crippen molar-refractivity contribution < 1.29 is 4.74 Å². The summed E-state index contributed by atoms with van der Waals surface area (Å²) in [5.41, 5.74) is 7.40. The van der Waals surface area contributed by atoms with Gasteiger partial charge < -0.3 is 15.8 Å². The normalized spacial score (nSPS) is 30.2. The van der Waals surface area contributed by atoms with Crippen LogP contribution in [0, 0.1) is 5.41 Å². The van der Waals surface area contributed by atoms with Gasteiger partial charge in [0, 0.05) is 17.0 Å². The highest BCUT2D eigenvalue weighted by Gasteiger charge is 2.49. The van der Waals surface area contributed by atoms with E-state index in [2.05, 4.69) is 32.2 Å². The van der Waals surface area contributed by atoms with Crippen LogP contribution in [0.15, 0.2) is 24.3 Å². The van der Waals surface area contributed by atoms with E-state index in [4.69, 9.17) is 10.5 Å². The van der Waals surface area contributed by atoms with Crippen LogP contribution in [-0.4, -0.2) is 18.7 Å². The number of anilines is 1. The van der Waals surface area contributed by atoms with Crippen molar-refractivity contribution in [3.63, 3.8) is 0 Å². The fourth-order valence-corrected chi connectivity index (χ4v) is 2.73. The van der Waals surface area contributed by atoms with Crippen LogP contribution in [0.4, 0.5) is 5.69 Å². The molecule has 0 amide bonds. The number of benzene rings is 1. The topological polar surface area (TPSA) is 47.3 Å². The van der Waals surface area contributed by atoms with Crippen molar-refractivity contribution in [2.24, 2.45) is 11.1 Å². The van der Waals surface area contributed by atoms with Crippen LogP contribution in [0.25, 0.3) is 0 Å². The molecular weight excluding hydrogens is 224 g/mol. The first-order valence-corrected chi connectivity index (χ1v) is 6.57. The molecule has 3 nitrogen and oxygen atoms in total. The van der Waals surface area contributed by atoms with Crippen LogP contribution < -0.4 is 15.8 Å². The quantitative estimate of drug-likeness (QED) is 0.864. The van der Waals surface area contributed by atoms with Gasteiger partial charge in [-0.3, -0.25) is 0 Å². The van der Waals surface area contributed by atoms with Gasteiger partial charge in [-0.2, -0.15) is 0 Å². The lowest BCUT2D eigenvalue weighted by Crippen LogP contribution is -2.51. The van der Waals surface area contributed by atoms with Crippen molar-refractivity contribution in [1.82, 2.24) is 0 Å². The van der Waals surface area contributed by atoms with Crippen LogP contribution >= 0.6 is 0 Å². The summed E-state index contributed by atoms with van der Waals surface area (Å²) >= 11 is 0. The lowest BCUT2D eigenvalue weighted by Gasteiger charge is -2.39.